The molecule has 0 radical (unpaired) electrons. The summed E-state index contributed by atoms with van der Waals surface area (Å²) in [5, 5.41) is 3.81. The van der Waals surface area contributed by atoms with Crippen LogP contribution < -0.4 is 5.32 Å². The third kappa shape index (κ3) is 8.68. The van der Waals surface area contributed by atoms with Crippen LogP contribution in [0.1, 0.15) is 91.4 Å². The van der Waals surface area contributed by atoms with E-state index in [0.717, 1.165) is 17.9 Å². The molecular formula is C18H37N. The van der Waals surface area contributed by atoms with E-state index in [-0.39, 0.29) is 0 Å². The van der Waals surface area contributed by atoms with E-state index in [4.69, 9.17) is 0 Å². The number of nitrogens with one attached hydrogen (secondary N) is 1. The van der Waals surface area contributed by atoms with E-state index in [1.165, 1.54) is 77.2 Å². The Kier molecular flexibility index (Phi) is 9.59. The number of rotatable bonds is 9. The second kappa shape index (κ2) is 10.7. The predicted octanol–water partition coefficient (Wildman–Crippen LogP) is 5.54. The molecule has 0 spiro atoms. The molecule has 0 aromatic heterocycles. The zero-order valence-electron chi connectivity index (χ0n) is 13.7. The summed E-state index contributed by atoms with van der Waals surface area (Å²) >= 11 is 0. The molecule has 0 heterocycles. The first-order chi connectivity index (χ1) is 9.22. The lowest BCUT2D eigenvalue weighted by Gasteiger charge is -2.24. The van der Waals surface area contributed by atoms with Gasteiger partial charge >= 0.3 is 0 Å². The molecule has 1 nitrogen and oxygen atoms in total. The normalized spacial score (nSPS) is 19.6. The van der Waals surface area contributed by atoms with Crippen LogP contribution in [0.5, 0.6) is 0 Å². The van der Waals surface area contributed by atoms with Gasteiger partial charge < -0.3 is 5.32 Å². The largest absolute Gasteiger partial charge is 0.314 e. The molecule has 0 bridgehead atoms. The Bertz CT molecular complexity index is 192. The van der Waals surface area contributed by atoms with Gasteiger partial charge in [0.2, 0.25) is 0 Å². The molecule has 1 fully saturated rings. The fraction of sp³-hybridized carbons (Fsp3) is 1.00. The van der Waals surface area contributed by atoms with Crippen molar-refractivity contribution >= 4 is 0 Å². The molecule has 1 aliphatic carbocycles. The van der Waals surface area contributed by atoms with Gasteiger partial charge in [-0.1, -0.05) is 72.1 Å². The van der Waals surface area contributed by atoms with Gasteiger partial charge in [0.05, 0.1) is 0 Å². The summed E-state index contributed by atoms with van der Waals surface area (Å²) in [4.78, 5) is 0. The van der Waals surface area contributed by atoms with Crippen molar-refractivity contribution in [1.82, 2.24) is 5.32 Å². The van der Waals surface area contributed by atoms with Crippen molar-refractivity contribution in [3.8, 4) is 0 Å². The van der Waals surface area contributed by atoms with E-state index in [2.05, 4.69) is 26.1 Å². The van der Waals surface area contributed by atoms with E-state index in [1.54, 1.807) is 0 Å². The van der Waals surface area contributed by atoms with Crippen LogP contribution in [-0.4, -0.2) is 12.6 Å². The SMILES string of the molecule is CCCNC(CCCC(C)C)CC1CCCCCC1. The van der Waals surface area contributed by atoms with Gasteiger partial charge in [0.1, 0.15) is 0 Å². The van der Waals surface area contributed by atoms with E-state index >= 15 is 0 Å². The fourth-order valence-electron chi connectivity index (χ4n) is 3.43. The molecule has 0 amide bonds. The molecule has 0 saturated heterocycles. The van der Waals surface area contributed by atoms with Crippen LogP contribution in [0.15, 0.2) is 0 Å². The Morgan fingerprint density at radius 3 is 2.26 bits per heavy atom. The molecule has 0 aromatic carbocycles. The van der Waals surface area contributed by atoms with Crippen LogP contribution >= 0.6 is 0 Å². The highest BCUT2D eigenvalue weighted by Crippen LogP contribution is 2.27. The molecule has 1 rings (SSSR count). The Hall–Kier alpha value is -0.0400. The van der Waals surface area contributed by atoms with Crippen LogP contribution in [0.3, 0.4) is 0 Å². The molecule has 1 atom stereocenters. The van der Waals surface area contributed by atoms with Gasteiger partial charge in [-0.2, -0.15) is 0 Å². The van der Waals surface area contributed by atoms with Gasteiger partial charge in [0.15, 0.2) is 0 Å². The van der Waals surface area contributed by atoms with Crippen molar-refractivity contribution in [2.75, 3.05) is 6.54 Å². The maximum atomic E-state index is 3.81. The topological polar surface area (TPSA) is 12.0 Å². The smallest absolute Gasteiger partial charge is 0.00697 e. The van der Waals surface area contributed by atoms with Crippen LogP contribution in [0, 0.1) is 11.8 Å². The minimum absolute atomic E-state index is 0.793. The lowest BCUT2D eigenvalue weighted by atomic mass is 9.90. The maximum absolute atomic E-state index is 3.81. The van der Waals surface area contributed by atoms with Crippen LogP contribution in [0.2, 0.25) is 0 Å². The summed E-state index contributed by atoms with van der Waals surface area (Å²) in [6.45, 7) is 8.18. The summed E-state index contributed by atoms with van der Waals surface area (Å²) in [6, 6.07) is 0.793. The fourth-order valence-corrected chi connectivity index (χ4v) is 3.43. The van der Waals surface area contributed by atoms with Crippen LogP contribution in [0.4, 0.5) is 0 Å². The molecule has 1 unspecified atom stereocenters. The van der Waals surface area contributed by atoms with Gasteiger partial charge in [0.25, 0.3) is 0 Å². The summed E-state index contributed by atoms with van der Waals surface area (Å²) in [6.07, 6.45) is 15.8. The molecule has 1 N–H and O–H groups in total. The van der Waals surface area contributed by atoms with E-state index in [0.29, 0.717) is 0 Å². The van der Waals surface area contributed by atoms with Crippen molar-refractivity contribution < 1.29 is 0 Å². The average Bonchev–Trinajstić information content (AvgIpc) is 2.64. The van der Waals surface area contributed by atoms with Gasteiger partial charge in [-0.05, 0) is 37.6 Å². The summed E-state index contributed by atoms with van der Waals surface area (Å²) < 4.78 is 0. The van der Waals surface area contributed by atoms with E-state index in [1.807, 2.05) is 0 Å². The molecule has 1 aliphatic rings. The highest BCUT2D eigenvalue weighted by atomic mass is 14.9. The van der Waals surface area contributed by atoms with Gasteiger partial charge in [-0.3, -0.25) is 0 Å². The van der Waals surface area contributed by atoms with E-state index in [9.17, 15) is 0 Å². The first-order valence-electron chi connectivity index (χ1n) is 8.95. The lowest BCUT2D eigenvalue weighted by molar-refractivity contribution is 0.329. The number of hydrogen-bond acceptors (Lipinski definition) is 1. The Balaban J connectivity index is 2.29. The van der Waals surface area contributed by atoms with Crippen molar-refractivity contribution in [2.24, 2.45) is 11.8 Å². The second-order valence-electron chi connectivity index (χ2n) is 7.07. The van der Waals surface area contributed by atoms with Crippen LogP contribution in [-0.2, 0) is 0 Å². The summed E-state index contributed by atoms with van der Waals surface area (Å²) in [7, 11) is 0. The molecule has 19 heavy (non-hydrogen) atoms. The minimum atomic E-state index is 0.793. The van der Waals surface area contributed by atoms with Gasteiger partial charge in [0, 0.05) is 6.04 Å². The maximum Gasteiger partial charge on any atom is 0.00697 e. The van der Waals surface area contributed by atoms with Gasteiger partial charge in [-0.25, -0.2) is 0 Å². The second-order valence-corrected chi connectivity index (χ2v) is 7.07. The lowest BCUT2D eigenvalue weighted by Crippen LogP contribution is -2.32. The third-order valence-corrected chi connectivity index (χ3v) is 4.61. The Labute approximate surface area is 121 Å². The standard InChI is InChI=1S/C18H37N/c1-4-14-19-18(13-9-10-16(2)3)15-17-11-7-5-6-8-12-17/h16-19H,4-15H2,1-3H3. The molecular weight excluding hydrogens is 230 g/mol. The van der Waals surface area contributed by atoms with Crippen molar-refractivity contribution in [3.63, 3.8) is 0 Å². The van der Waals surface area contributed by atoms with Crippen molar-refractivity contribution in [2.45, 2.75) is 97.4 Å². The average molecular weight is 268 g/mol. The summed E-state index contributed by atoms with van der Waals surface area (Å²) in [5.41, 5.74) is 0. The zero-order valence-corrected chi connectivity index (χ0v) is 13.7. The highest BCUT2D eigenvalue weighted by Gasteiger charge is 2.17. The Morgan fingerprint density at radius 1 is 1.00 bits per heavy atom. The van der Waals surface area contributed by atoms with Crippen LogP contribution in [0.25, 0.3) is 0 Å². The zero-order chi connectivity index (χ0) is 13.9. The molecule has 0 aromatic rings. The third-order valence-electron chi connectivity index (χ3n) is 4.61. The summed E-state index contributed by atoms with van der Waals surface area (Å²) in [5.74, 6) is 1.88. The molecule has 114 valence electrons. The monoisotopic (exact) mass is 267 g/mol. The van der Waals surface area contributed by atoms with E-state index < -0.39 is 0 Å². The van der Waals surface area contributed by atoms with Crippen molar-refractivity contribution in [1.29, 1.82) is 0 Å². The number of hydrogen-bond donors (Lipinski definition) is 1. The first-order valence-corrected chi connectivity index (χ1v) is 8.95. The Morgan fingerprint density at radius 2 is 1.68 bits per heavy atom. The molecule has 1 saturated carbocycles. The quantitative estimate of drug-likeness (QED) is 0.541. The molecule has 0 aliphatic heterocycles. The predicted molar refractivity (Wildman–Crippen MR) is 86.6 cm³/mol. The minimum Gasteiger partial charge on any atom is -0.314 e. The van der Waals surface area contributed by atoms with Crippen molar-refractivity contribution in [3.05, 3.63) is 0 Å². The first kappa shape index (κ1) is 17.0. The molecule has 1 heteroatoms. The van der Waals surface area contributed by atoms with Gasteiger partial charge in [-0.15, -0.1) is 0 Å². The highest BCUT2D eigenvalue weighted by molar-refractivity contribution is 4.74.